The van der Waals surface area contributed by atoms with Crippen molar-refractivity contribution in [3.05, 3.63) is 48.8 Å². The molecule has 0 amide bonds. The van der Waals surface area contributed by atoms with Gasteiger partial charge in [-0.25, -0.2) is 0 Å². The molecule has 2 aromatic rings. The second-order valence-electron chi connectivity index (χ2n) is 5.41. The van der Waals surface area contributed by atoms with Crippen LogP contribution >= 0.6 is 0 Å². The van der Waals surface area contributed by atoms with Crippen LogP contribution in [0.4, 0.5) is 5.69 Å². The second kappa shape index (κ2) is 11.3. The van der Waals surface area contributed by atoms with Gasteiger partial charge < -0.3 is 14.8 Å². The van der Waals surface area contributed by atoms with Gasteiger partial charge in [0.1, 0.15) is 11.5 Å². The fourth-order valence-electron chi connectivity index (χ4n) is 2.18. The molecule has 1 aromatic carbocycles. The van der Waals surface area contributed by atoms with Crippen LogP contribution in [0.25, 0.3) is 0 Å². The van der Waals surface area contributed by atoms with Crippen LogP contribution in [0, 0.1) is 11.5 Å². The Kier molecular flexibility index (Phi) is 8.29. The summed E-state index contributed by atoms with van der Waals surface area (Å²) >= 11 is 0. The summed E-state index contributed by atoms with van der Waals surface area (Å²) in [6.45, 7) is 1.29. The number of hydrogen-bond donors (Lipinski definition) is 2. The molecular formula is C19H23N5O2. The quantitative estimate of drug-likeness (QED) is 0.236. The van der Waals surface area contributed by atoms with E-state index >= 15 is 0 Å². The van der Waals surface area contributed by atoms with E-state index in [0.717, 1.165) is 36.4 Å². The van der Waals surface area contributed by atoms with Crippen molar-refractivity contribution in [2.45, 2.75) is 19.3 Å². The predicted molar refractivity (Wildman–Crippen MR) is 101 cm³/mol. The smallest absolute Gasteiger partial charge is 0.209 e. The minimum Gasteiger partial charge on any atom is -0.497 e. The number of hydrogen-bond acceptors (Lipinski definition) is 5. The normalized spacial score (nSPS) is 10.7. The van der Waals surface area contributed by atoms with Crippen LogP contribution in [-0.2, 0) is 0 Å². The Morgan fingerprint density at radius 1 is 1.08 bits per heavy atom. The molecule has 0 fully saturated rings. The molecule has 0 bridgehead atoms. The topological polar surface area (TPSA) is 91.6 Å². The van der Waals surface area contributed by atoms with Gasteiger partial charge in [-0.2, -0.15) is 5.26 Å². The third-order valence-electron chi connectivity index (χ3n) is 3.52. The number of pyridine rings is 1. The lowest BCUT2D eigenvalue weighted by molar-refractivity contribution is 0.305. The van der Waals surface area contributed by atoms with E-state index in [1.165, 1.54) is 0 Å². The molecule has 0 aliphatic rings. The van der Waals surface area contributed by atoms with Crippen molar-refractivity contribution in [2.75, 3.05) is 25.6 Å². The van der Waals surface area contributed by atoms with Crippen molar-refractivity contribution >= 4 is 11.6 Å². The highest BCUT2D eigenvalue weighted by Crippen LogP contribution is 2.17. The van der Waals surface area contributed by atoms with Gasteiger partial charge in [0, 0.05) is 24.6 Å². The molecule has 0 spiro atoms. The van der Waals surface area contributed by atoms with E-state index in [1.807, 2.05) is 42.6 Å². The maximum absolute atomic E-state index is 8.81. The first-order valence-electron chi connectivity index (χ1n) is 8.45. The van der Waals surface area contributed by atoms with Gasteiger partial charge in [-0.3, -0.25) is 15.3 Å². The van der Waals surface area contributed by atoms with Crippen molar-refractivity contribution < 1.29 is 9.47 Å². The van der Waals surface area contributed by atoms with Crippen molar-refractivity contribution in [1.82, 2.24) is 10.3 Å². The number of nitrogens with zero attached hydrogens (tertiary/aromatic N) is 3. The van der Waals surface area contributed by atoms with Gasteiger partial charge in [-0.05, 0) is 55.7 Å². The predicted octanol–water partition coefficient (Wildman–Crippen LogP) is 3.18. The SMILES string of the molecule is COc1ccc(OCCCCCN=C(NC#N)Nc2ccncc2)cc1. The molecule has 0 unspecified atom stereocenters. The van der Waals surface area contributed by atoms with Gasteiger partial charge in [0.15, 0.2) is 6.19 Å². The molecule has 0 radical (unpaired) electrons. The van der Waals surface area contributed by atoms with E-state index in [4.69, 9.17) is 14.7 Å². The van der Waals surface area contributed by atoms with Crippen LogP contribution in [0.3, 0.4) is 0 Å². The van der Waals surface area contributed by atoms with E-state index in [0.29, 0.717) is 19.1 Å². The Morgan fingerprint density at radius 2 is 1.81 bits per heavy atom. The standard InChI is InChI=1S/C19H23N5O2/c1-25-17-5-7-18(8-6-17)26-14-4-2-3-11-22-19(23-15-20)24-16-9-12-21-13-10-16/h5-10,12-13H,2-4,11,14H2,1H3,(H2,21,22,23,24). The Labute approximate surface area is 153 Å². The van der Waals surface area contributed by atoms with Crippen molar-refractivity contribution in [1.29, 1.82) is 5.26 Å². The summed E-state index contributed by atoms with van der Waals surface area (Å²) in [4.78, 5) is 8.33. The summed E-state index contributed by atoms with van der Waals surface area (Å²) in [6.07, 6.45) is 8.10. The lowest BCUT2D eigenvalue weighted by Gasteiger charge is -2.08. The number of methoxy groups -OCH3 is 1. The molecule has 0 saturated carbocycles. The Hall–Kier alpha value is -3.27. The summed E-state index contributed by atoms with van der Waals surface area (Å²) in [7, 11) is 1.64. The summed E-state index contributed by atoms with van der Waals surface area (Å²) in [5.74, 6) is 2.09. The molecule has 2 N–H and O–H groups in total. The van der Waals surface area contributed by atoms with Gasteiger partial charge >= 0.3 is 0 Å². The van der Waals surface area contributed by atoms with Gasteiger partial charge in [-0.1, -0.05) is 0 Å². The third-order valence-corrected chi connectivity index (χ3v) is 3.52. The van der Waals surface area contributed by atoms with Crippen LogP contribution in [0.2, 0.25) is 0 Å². The van der Waals surface area contributed by atoms with Crippen LogP contribution in [-0.4, -0.2) is 31.2 Å². The number of aliphatic imine (C=N–C) groups is 1. The van der Waals surface area contributed by atoms with Gasteiger partial charge in [-0.15, -0.1) is 0 Å². The minimum atomic E-state index is 0.438. The zero-order valence-electron chi connectivity index (χ0n) is 14.8. The first-order chi connectivity index (χ1) is 12.8. The molecule has 7 heteroatoms. The van der Waals surface area contributed by atoms with Crippen LogP contribution in [0.1, 0.15) is 19.3 Å². The number of nitrogens with one attached hydrogen (secondary N) is 2. The number of benzene rings is 1. The molecule has 1 aromatic heterocycles. The zero-order valence-corrected chi connectivity index (χ0v) is 14.8. The summed E-state index contributed by atoms with van der Waals surface area (Å²) < 4.78 is 10.8. The summed E-state index contributed by atoms with van der Waals surface area (Å²) in [5.41, 5.74) is 0.828. The van der Waals surface area contributed by atoms with E-state index in [1.54, 1.807) is 19.5 Å². The number of nitriles is 1. The molecule has 0 atom stereocenters. The van der Waals surface area contributed by atoms with E-state index in [-0.39, 0.29) is 0 Å². The molecule has 2 rings (SSSR count). The number of rotatable bonds is 9. The largest absolute Gasteiger partial charge is 0.497 e. The highest BCUT2D eigenvalue weighted by molar-refractivity contribution is 5.94. The Balaban J connectivity index is 1.64. The van der Waals surface area contributed by atoms with E-state index < -0.39 is 0 Å². The fourth-order valence-corrected chi connectivity index (χ4v) is 2.18. The minimum absolute atomic E-state index is 0.438. The molecule has 0 aliphatic heterocycles. The number of unbranched alkanes of at least 4 members (excludes halogenated alkanes) is 2. The molecule has 136 valence electrons. The number of guanidine groups is 1. The van der Waals surface area contributed by atoms with Crippen molar-refractivity contribution in [2.24, 2.45) is 4.99 Å². The molecule has 0 aliphatic carbocycles. The van der Waals surface area contributed by atoms with Crippen LogP contribution < -0.4 is 20.1 Å². The highest BCUT2D eigenvalue weighted by atomic mass is 16.5. The maximum atomic E-state index is 8.81. The summed E-state index contributed by atoms with van der Waals surface area (Å²) in [6, 6.07) is 11.2. The lowest BCUT2D eigenvalue weighted by Crippen LogP contribution is -2.27. The molecule has 0 saturated heterocycles. The number of aromatic nitrogens is 1. The number of anilines is 1. The molecule has 7 nitrogen and oxygen atoms in total. The first-order valence-corrected chi connectivity index (χ1v) is 8.45. The van der Waals surface area contributed by atoms with Gasteiger partial charge in [0.2, 0.25) is 5.96 Å². The Morgan fingerprint density at radius 3 is 2.50 bits per heavy atom. The van der Waals surface area contributed by atoms with Crippen LogP contribution in [0.15, 0.2) is 53.8 Å². The average Bonchev–Trinajstić information content (AvgIpc) is 2.68. The van der Waals surface area contributed by atoms with E-state index in [2.05, 4.69) is 20.6 Å². The summed E-state index contributed by atoms with van der Waals surface area (Å²) in [5, 5.41) is 14.4. The monoisotopic (exact) mass is 353 g/mol. The highest BCUT2D eigenvalue weighted by Gasteiger charge is 1.99. The first kappa shape index (κ1) is 19.1. The maximum Gasteiger partial charge on any atom is 0.209 e. The van der Waals surface area contributed by atoms with Crippen molar-refractivity contribution in [3.63, 3.8) is 0 Å². The van der Waals surface area contributed by atoms with E-state index in [9.17, 15) is 0 Å². The van der Waals surface area contributed by atoms with Gasteiger partial charge in [0.05, 0.1) is 13.7 Å². The Bertz CT molecular complexity index is 711. The lowest BCUT2D eigenvalue weighted by atomic mass is 10.2. The molecule has 26 heavy (non-hydrogen) atoms. The fraction of sp³-hybridized carbons (Fsp3) is 0.316. The third kappa shape index (κ3) is 7.09. The second-order valence-corrected chi connectivity index (χ2v) is 5.41. The van der Waals surface area contributed by atoms with Crippen molar-refractivity contribution in [3.8, 4) is 17.7 Å². The average molecular weight is 353 g/mol. The molecule has 1 heterocycles. The zero-order chi connectivity index (χ0) is 18.5. The van der Waals surface area contributed by atoms with Gasteiger partial charge in [0.25, 0.3) is 0 Å². The molecular weight excluding hydrogens is 330 g/mol. The van der Waals surface area contributed by atoms with Crippen LogP contribution in [0.5, 0.6) is 11.5 Å². The number of ether oxygens (including phenoxy) is 2.